The molecule has 2 aliphatic rings. The second-order valence-corrected chi connectivity index (χ2v) is 11.1. The molecule has 0 saturated heterocycles. The highest BCUT2D eigenvalue weighted by molar-refractivity contribution is 8.14. The van der Waals surface area contributed by atoms with Gasteiger partial charge < -0.3 is 15.8 Å². The van der Waals surface area contributed by atoms with E-state index in [1.54, 1.807) is 24.3 Å². The highest BCUT2D eigenvalue weighted by Gasteiger charge is 2.47. The molecule has 8 heteroatoms. The van der Waals surface area contributed by atoms with Crippen molar-refractivity contribution < 1.29 is 14.0 Å². The van der Waals surface area contributed by atoms with Crippen molar-refractivity contribution in [2.45, 2.75) is 32.6 Å². The van der Waals surface area contributed by atoms with Gasteiger partial charge in [0.25, 0.3) is 5.91 Å². The maximum absolute atomic E-state index is 14.9. The zero-order valence-electron chi connectivity index (χ0n) is 19.1. The van der Waals surface area contributed by atoms with Crippen LogP contribution in [0, 0.1) is 17.2 Å². The summed E-state index contributed by atoms with van der Waals surface area (Å²) >= 11 is 6.41. The number of rotatable bonds is 7. The van der Waals surface area contributed by atoms with Crippen LogP contribution >= 0.6 is 22.3 Å². The molecule has 2 amide bonds. The van der Waals surface area contributed by atoms with Crippen LogP contribution in [-0.4, -0.2) is 29.5 Å². The molecular formula is C26H29ClFN3O2S. The second kappa shape index (κ2) is 10.3. The Labute approximate surface area is 207 Å². The van der Waals surface area contributed by atoms with Crippen molar-refractivity contribution in [3.05, 3.63) is 76.1 Å². The average Bonchev–Trinajstić information content (AvgIpc) is 3.27. The van der Waals surface area contributed by atoms with E-state index in [2.05, 4.69) is 10.0 Å². The number of amides is 2. The molecule has 180 valence electrons. The Morgan fingerprint density at radius 2 is 2.00 bits per heavy atom. The van der Waals surface area contributed by atoms with Gasteiger partial charge >= 0.3 is 0 Å². The minimum absolute atomic E-state index is 0.0659. The van der Waals surface area contributed by atoms with E-state index in [9.17, 15) is 14.0 Å². The second-order valence-electron chi connectivity index (χ2n) is 8.81. The van der Waals surface area contributed by atoms with Crippen LogP contribution in [0.5, 0.6) is 0 Å². The van der Waals surface area contributed by atoms with Crippen molar-refractivity contribution in [1.29, 1.82) is 0 Å². The summed E-state index contributed by atoms with van der Waals surface area (Å²) < 4.78 is 18.3. The smallest absolute Gasteiger partial charge is 0.251 e. The van der Waals surface area contributed by atoms with E-state index in [0.29, 0.717) is 30.6 Å². The van der Waals surface area contributed by atoms with Crippen LogP contribution in [0.3, 0.4) is 0 Å². The fraction of sp³-hybridized carbons (Fsp3) is 0.346. The third kappa shape index (κ3) is 4.77. The van der Waals surface area contributed by atoms with Gasteiger partial charge in [-0.25, -0.2) is 4.39 Å². The Morgan fingerprint density at radius 1 is 1.24 bits per heavy atom. The van der Waals surface area contributed by atoms with E-state index in [1.807, 2.05) is 30.5 Å². The molecule has 0 radical (unpaired) electrons. The summed E-state index contributed by atoms with van der Waals surface area (Å²) in [7, 11) is -0.355. The lowest BCUT2D eigenvalue weighted by Gasteiger charge is -2.39. The highest BCUT2D eigenvalue weighted by Crippen LogP contribution is 2.49. The predicted octanol–water partition coefficient (Wildman–Crippen LogP) is 4.89. The highest BCUT2D eigenvalue weighted by atomic mass is 35.5. The fourth-order valence-corrected chi connectivity index (χ4v) is 6.67. The van der Waals surface area contributed by atoms with E-state index in [-0.39, 0.29) is 33.1 Å². The Morgan fingerprint density at radius 3 is 2.68 bits per heavy atom. The Bertz CT molecular complexity index is 1150. The third-order valence-electron chi connectivity index (χ3n) is 6.71. The van der Waals surface area contributed by atoms with Crippen molar-refractivity contribution >= 4 is 45.1 Å². The zero-order valence-corrected chi connectivity index (χ0v) is 20.6. The molecule has 34 heavy (non-hydrogen) atoms. The van der Waals surface area contributed by atoms with Crippen LogP contribution in [0.1, 0.15) is 48.5 Å². The summed E-state index contributed by atoms with van der Waals surface area (Å²) in [5.74, 6) is -0.146. The Balaban J connectivity index is 1.66. The van der Waals surface area contributed by atoms with Gasteiger partial charge in [0.05, 0.1) is 21.7 Å². The molecule has 4 N–H and O–H groups in total. The first-order chi connectivity index (χ1) is 16.4. The quantitative estimate of drug-likeness (QED) is 0.472. The molecule has 3 unspecified atom stereocenters. The number of nitrogens with one attached hydrogen (secondary N) is 2. The average molecular weight is 502 g/mol. The molecular weight excluding hydrogens is 473 g/mol. The van der Waals surface area contributed by atoms with Crippen molar-refractivity contribution in [3.8, 4) is 0 Å². The van der Waals surface area contributed by atoms with Gasteiger partial charge in [0.15, 0.2) is 0 Å². The van der Waals surface area contributed by atoms with E-state index < -0.39 is 17.1 Å². The maximum atomic E-state index is 14.9. The molecule has 1 heterocycles. The molecule has 1 saturated carbocycles. The summed E-state index contributed by atoms with van der Waals surface area (Å²) in [6.45, 7) is 2.48. The lowest BCUT2D eigenvalue weighted by atomic mass is 9.64. The van der Waals surface area contributed by atoms with Gasteiger partial charge in [0.1, 0.15) is 5.82 Å². The lowest BCUT2D eigenvalue weighted by Crippen LogP contribution is -2.45. The van der Waals surface area contributed by atoms with Crippen molar-refractivity contribution in [2.24, 2.45) is 17.1 Å². The number of benzene rings is 2. The first-order valence-electron chi connectivity index (χ1n) is 11.5. The molecule has 0 aromatic heterocycles. The van der Waals surface area contributed by atoms with E-state index in [4.69, 9.17) is 17.3 Å². The van der Waals surface area contributed by atoms with Gasteiger partial charge in [-0.05, 0) is 60.4 Å². The number of carbonyl (C=O) groups excluding carboxylic acids is 2. The first kappa shape index (κ1) is 24.5. The van der Waals surface area contributed by atoms with Crippen molar-refractivity contribution in [1.82, 2.24) is 10.0 Å². The minimum atomic E-state index is -0.953. The summed E-state index contributed by atoms with van der Waals surface area (Å²) in [5, 5.41) is 5.33. The molecule has 3 atom stereocenters. The molecule has 1 aliphatic heterocycles. The number of hydrogen-bond acceptors (Lipinski definition) is 3. The summed E-state index contributed by atoms with van der Waals surface area (Å²) in [5.41, 5.74) is 7.27. The van der Waals surface area contributed by atoms with Crippen molar-refractivity contribution in [3.63, 3.8) is 0 Å². The lowest BCUT2D eigenvalue weighted by molar-refractivity contribution is -0.127. The van der Waals surface area contributed by atoms with Crippen LogP contribution in [0.4, 0.5) is 4.39 Å². The van der Waals surface area contributed by atoms with Gasteiger partial charge in [-0.15, -0.1) is 0 Å². The maximum Gasteiger partial charge on any atom is 0.251 e. The molecule has 0 bridgehead atoms. The van der Waals surface area contributed by atoms with Crippen LogP contribution < -0.4 is 15.8 Å². The van der Waals surface area contributed by atoms with E-state index in [0.717, 1.165) is 24.2 Å². The summed E-state index contributed by atoms with van der Waals surface area (Å²) in [6.07, 6.45) is 2.72. The molecule has 4 rings (SSSR count). The Hall–Kier alpha value is -2.64. The number of nitrogens with two attached hydrogens (primary N) is 1. The fourth-order valence-electron chi connectivity index (χ4n) is 4.94. The monoisotopic (exact) mass is 501 g/mol. The molecule has 2 aromatic rings. The SMILES string of the molecule is CCS1=CC(C2(C(N)=O)CCCC(CNC(=O)c3ccccc3)C2)=C(c2c(F)cccc2Cl)N1. The van der Waals surface area contributed by atoms with Gasteiger partial charge in [-0.2, -0.15) is 0 Å². The number of carbonyl (C=O) groups is 2. The summed E-state index contributed by atoms with van der Waals surface area (Å²) in [6, 6.07) is 13.6. The summed E-state index contributed by atoms with van der Waals surface area (Å²) in [4.78, 5) is 25.6. The normalized spacial score (nSPS) is 24.3. The molecule has 2 aromatic carbocycles. The molecule has 1 aliphatic carbocycles. The van der Waals surface area contributed by atoms with E-state index in [1.165, 1.54) is 6.07 Å². The largest absolute Gasteiger partial charge is 0.369 e. The molecule has 1 fully saturated rings. The van der Waals surface area contributed by atoms with E-state index >= 15 is 0 Å². The van der Waals surface area contributed by atoms with Crippen LogP contribution in [-0.2, 0) is 4.79 Å². The number of hydrogen-bond donors (Lipinski definition) is 3. The first-order valence-corrected chi connectivity index (χ1v) is 13.3. The number of primary amides is 1. The van der Waals surface area contributed by atoms with Crippen LogP contribution in [0.2, 0.25) is 5.02 Å². The number of halogens is 2. The standard InChI is InChI=1S/C26H29ClFN3O2S/c1-2-34-16-19(23(31-34)22-20(27)11-6-12-21(22)28)26(25(29)33)13-7-8-17(14-26)15-30-24(32)18-9-4-3-5-10-18/h3-6,9-12,16-17,31H,2,7-8,13-15H2,1H3,(H2,29,33)(H,30,32). The van der Waals surface area contributed by atoms with Gasteiger partial charge in [-0.3, -0.25) is 9.59 Å². The van der Waals surface area contributed by atoms with Crippen LogP contribution in [0.25, 0.3) is 5.70 Å². The zero-order chi connectivity index (χ0) is 24.3. The van der Waals surface area contributed by atoms with Gasteiger partial charge in [-0.1, -0.05) is 59.9 Å². The van der Waals surface area contributed by atoms with Gasteiger partial charge in [0.2, 0.25) is 5.91 Å². The van der Waals surface area contributed by atoms with Crippen LogP contribution in [0.15, 0.2) is 54.1 Å². The predicted molar refractivity (Wildman–Crippen MR) is 138 cm³/mol. The Kier molecular flexibility index (Phi) is 7.43. The van der Waals surface area contributed by atoms with Crippen molar-refractivity contribution in [2.75, 3.05) is 12.3 Å². The molecule has 5 nitrogen and oxygen atoms in total. The minimum Gasteiger partial charge on any atom is -0.369 e. The topological polar surface area (TPSA) is 84.2 Å². The molecule has 0 spiro atoms. The van der Waals surface area contributed by atoms with Gasteiger partial charge in [0, 0.05) is 17.9 Å². The third-order valence-corrected chi connectivity index (χ3v) is 8.64.